The maximum atomic E-state index is 6.92. The highest BCUT2D eigenvalue weighted by Gasteiger charge is 2.57. The first-order valence-corrected chi connectivity index (χ1v) is 16.8. The fourth-order valence-corrected chi connectivity index (χ4v) is 10.3. The summed E-state index contributed by atoms with van der Waals surface area (Å²) in [6.45, 7) is 21.5. The van der Waals surface area contributed by atoms with Crippen LogP contribution >= 0.6 is 0 Å². The summed E-state index contributed by atoms with van der Waals surface area (Å²) in [5.74, 6) is 0.441. The lowest BCUT2D eigenvalue weighted by Gasteiger charge is -2.36. The van der Waals surface area contributed by atoms with Crippen molar-refractivity contribution in [3.63, 3.8) is 0 Å². The molecular formula is C22H48O3Si2. The summed E-state index contributed by atoms with van der Waals surface area (Å²) in [4.78, 5) is 0. The molecule has 0 bridgehead atoms. The van der Waals surface area contributed by atoms with Crippen LogP contribution < -0.4 is 0 Å². The van der Waals surface area contributed by atoms with Crippen molar-refractivity contribution in [2.24, 2.45) is 5.92 Å². The minimum atomic E-state index is -1.59. The molecule has 0 radical (unpaired) electrons. The quantitative estimate of drug-likeness (QED) is 0.213. The van der Waals surface area contributed by atoms with Gasteiger partial charge in [-0.3, -0.25) is 0 Å². The van der Waals surface area contributed by atoms with Gasteiger partial charge in [0.2, 0.25) is 0 Å². The normalized spacial score (nSPS) is 25.4. The van der Waals surface area contributed by atoms with E-state index >= 15 is 0 Å². The third-order valence-corrected chi connectivity index (χ3v) is 16.8. The average Bonchev–Trinajstić information content (AvgIpc) is 3.38. The van der Waals surface area contributed by atoms with E-state index in [1.807, 2.05) is 0 Å². The molecule has 1 fully saturated rings. The third-order valence-electron chi connectivity index (χ3n) is 7.51. The van der Waals surface area contributed by atoms with Gasteiger partial charge in [0.05, 0.1) is 18.8 Å². The molecule has 27 heavy (non-hydrogen) atoms. The molecule has 162 valence electrons. The van der Waals surface area contributed by atoms with Crippen LogP contribution in [0.25, 0.3) is 0 Å². The number of rotatable bonds is 15. The highest BCUT2D eigenvalue weighted by molar-refractivity contribution is 6.74. The molecule has 0 spiro atoms. The van der Waals surface area contributed by atoms with Gasteiger partial charge >= 0.3 is 0 Å². The lowest BCUT2D eigenvalue weighted by Crippen LogP contribution is -2.44. The molecule has 0 unspecified atom stereocenters. The van der Waals surface area contributed by atoms with Gasteiger partial charge in [0.15, 0.2) is 16.6 Å². The van der Waals surface area contributed by atoms with Gasteiger partial charge in [-0.15, -0.1) is 0 Å². The molecule has 0 aromatic heterocycles. The van der Waals surface area contributed by atoms with Gasteiger partial charge in [-0.05, 0) is 49.6 Å². The summed E-state index contributed by atoms with van der Waals surface area (Å²) in [5.41, 5.74) is -0.110. The Labute approximate surface area is 172 Å². The van der Waals surface area contributed by atoms with Crippen LogP contribution in [0.15, 0.2) is 0 Å². The van der Waals surface area contributed by atoms with Crippen molar-refractivity contribution in [3.05, 3.63) is 0 Å². The van der Waals surface area contributed by atoms with Crippen LogP contribution in [-0.4, -0.2) is 41.1 Å². The van der Waals surface area contributed by atoms with Crippen LogP contribution in [0.3, 0.4) is 0 Å². The summed E-state index contributed by atoms with van der Waals surface area (Å²) in [6.07, 6.45) is 2.93. The summed E-state index contributed by atoms with van der Waals surface area (Å²) in [5, 5.41) is 0. The third kappa shape index (κ3) is 6.14. The van der Waals surface area contributed by atoms with Crippen LogP contribution in [0, 0.1) is 5.92 Å². The van der Waals surface area contributed by atoms with Gasteiger partial charge in [0.1, 0.15) is 5.60 Å². The molecule has 1 heterocycles. The van der Waals surface area contributed by atoms with Gasteiger partial charge in [-0.25, -0.2) is 0 Å². The molecule has 0 N–H and O–H groups in total. The van der Waals surface area contributed by atoms with E-state index < -0.39 is 16.6 Å². The van der Waals surface area contributed by atoms with Crippen LogP contribution in [0.4, 0.5) is 0 Å². The molecule has 0 aromatic carbocycles. The number of hydrogen-bond donors (Lipinski definition) is 0. The van der Waals surface area contributed by atoms with Gasteiger partial charge in [0, 0.05) is 5.92 Å². The molecule has 1 aliphatic rings. The molecule has 1 rings (SSSR count). The van der Waals surface area contributed by atoms with Crippen molar-refractivity contribution in [1.82, 2.24) is 0 Å². The Kier molecular flexibility index (Phi) is 10.2. The number of epoxide rings is 1. The van der Waals surface area contributed by atoms with Crippen molar-refractivity contribution in [2.45, 2.75) is 129 Å². The van der Waals surface area contributed by atoms with Crippen LogP contribution in [0.1, 0.15) is 75.2 Å². The minimum absolute atomic E-state index is 0.110. The molecule has 3 nitrogen and oxygen atoms in total. The average molecular weight is 417 g/mol. The van der Waals surface area contributed by atoms with Crippen LogP contribution in [0.2, 0.25) is 36.3 Å². The molecule has 0 aliphatic carbocycles. The fourth-order valence-electron chi connectivity index (χ4n) is 4.62. The number of ether oxygens (including phenoxy) is 1. The summed E-state index contributed by atoms with van der Waals surface area (Å²) < 4.78 is 19.8. The van der Waals surface area contributed by atoms with Gasteiger partial charge in [-0.2, -0.15) is 0 Å². The monoisotopic (exact) mass is 416 g/mol. The molecule has 5 heteroatoms. The molecule has 1 aliphatic heterocycles. The Morgan fingerprint density at radius 3 is 1.74 bits per heavy atom. The van der Waals surface area contributed by atoms with Crippen molar-refractivity contribution in [1.29, 1.82) is 0 Å². The zero-order chi connectivity index (χ0) is 20.7. The van der Waals surface area contributed by atoms with Gasteiger partial charge < -0.3 is 13.6 Å². The predicted molar refractivity (Wildman–Crippen MR) is 123 cm³/mol. The lowest BCUT2D eigenvalue weighted by atomic mass is 9.91. The topological polar surface area (TPSA) is 31.0 Å². The Bertz CT molecular complexity index is 407. The predicted octanol–water partition coefficient (Wildman–Crippen LogP) is 6.99. The first kappa shape index (κ1) is 25.4. The maximum Gasteiger partial charge on any atom is 0.192 e. The summed E-state index contributed by atoms with van der Waals surface area (Å²) in [7, 11) is -3.14. The van der Waals surface area contributed by atoms with E-state index in [-0.39, 0.29) is 11.7 Å². The van der Waals surface area contributed by atoms with E-state index in [1.165, 1.54) is 42.7 Å². The SMILES string of the molecule is CCC[C@@H](O[Si](CC)(CC)CC)[C@H](C)[C@H]1O[C@@]1(C)CO[Si](CC)(CC)CC. The molecular weight excluding hydrogens is 368 g/mol. The largest absolute Gasteiger partial charge is 0.414 e. The first-order chi connectivity index (χ1) is 12.7. The zero-order valence-electron chi connectivity index (χ0n) is 19.8. The van der Waals surface area contributed by atoms with Crippen molar-refractivity contribution in [2.75, 3.05) is 6.61 Å². The maximum absolute atomic E-state index is 6.92. The number of hydrogen-bond acceptors (Lipinski definition) is 3. The molecule has 0 aromatic rings. The van der Waals surface area contributed by atoms with E-state index in [9.17, 15) is 0 Å². The second-order valence-corrected chi connectivity index (χ2v) is 18.4. The standard InChI is InChI=1S/C22H48O3Si2/c1-10-17-20(25-27(14-5,15-6)16-7)19(8)21-22(9,24-21)18-23-26(11-2,12-3)13-4/h19-21H,10-18H2,1-9H3/t19-,20+,21+,22-/m0/s1. The summed E-state index contributed by atoms with van der Waals surface area (Å²) >= 11 is 0. The Balaban J connectivity index is 2.77. The molecule has 0 amide bonds. The second kappa shape index (κ2) is 10.9. The summed E-state index contributed by atoms with van der Waals surface area (Å²) in [6, 6.07) is 7.27. The Hall–Kier alpha value is 0.314. The van der Waals surface area contributed by atoms with Crippen LogP contribution in [0.5, 0.6) is 0 Å². The zero-order valence-corrected chi connectivity index (χ0v) is 21.8. The smallest absolute Gasteiger partial charge is 0.192 e. The van der Waals surface area contributed by atoms with Crippen LogP contribution in [-0.2, 0) is 13.6 Å². The van der Waals surface area contributed by atoms with Crippen molar-refractivity contribution in [3.8, 4) is 0 Å². The Morgan fingerprint density at radius 1 is 0.852 bits per heavy atom. The highest BCUT2D eigenvalue weighted by atomic mass is 28.4. The van der Waals surface area contributed by atoms with Gasteiger partial charge in [0.25, 0.3) is 0 Å². The molecule has 4 atom stereocenters. The van der Waals surface area contributed by atoms with E-state index in [2.05, 4.69) is 62.3 Å². The van der Waals surface area contributed by atoms with Gasteiger partial charge in [-0.1, -0.05) is 61.8 Å². The molecule has 1 saturated heterocycles. The fraction of sp³-hybridized carbons (Fsp3) is 1.00. The van der Waals surface area contributed by atoms with E-state index in [0.717, 1.165) is 13.0 Å². The minimum Gasteiger partial charge on any atom is -0.414 e. The highest BCUT2D eigenvalue weighted by Crippen LogP contribution is 2.45. The van der Waals surface area contributed by atoms with Crippen molar-refractivity contribution < 1.29 is 13.6 Å². The second-order valence-electron chi connectivity index (χ2n) is 8.93. The van der Waals surface area contributed by atoms with E-state index in [4.69, 9.17) is 13.6 Å². The van der Waals surface area contributed by atoms with Crippen molar-refractivity contribution >= 4 is 16.6 Å². The van der Waals surface area contributed by atoms with E-state index in [1.54, 1.807) is 0 Å². The molecule has 0 saturated carbocycles. The lowest BCUT2D eigenvalue weighted by molar-refractivity contribution is 0.102. The Morgan fingerprint density at radius 2 is 1.33 bits per heavy atom. The van der Waals surface area contributed by atoms with E-state index in [0.29, 0.717) is 12.0 Å². The first-order valence-electron chi connectivity index (χ1n) is 11.7.